The van der Waals surface area contributed by atoms with Crippen LogP contribution in [0.4, 0.5) is 5.82 Å². The fourth-order valence-electron chi connectivity index (χ4n) is 2.58. The highest BCUT2D eigenvalue weighted by Crippen LogP contribution is 2.36. The normalized spacial score (nSPS) is 11.2. The van der Waals surface area contributed by atoms with Gasteiger partial charge in [-0.3, -0.25) is 4.98 Å². The number of nitrogens with zero attached hydrogens (tertiary/aromatic N) is 5. The third kappa shape index (κ3) is 4.00. The van der Waals surface area contributed by atoms with Crippen LogP contribution < -0.4 is 5.73 Å². The van der Waals surface area contributed by atoms with E-state index in [2.05, 4.69) is 19.9 Å². The molecule has 2 aromatic rings. The van der Waals surface area contributed by atoms with Gasteiger partial charge in [0.25, 0.3) is 0 Å². The van der Waals surface area contributed by atoms with Gasteiger partial charge in [0, 0.05) is 34.8 Å². The van der Waals surface area contributed by atoms with Crippen LogP contribution in [0.5, 0.6) is 0 Å². The predicted octanol–water partition coefficient (Wildman–Crippen LogP) is 4.46. The molecule has 2 aliphatic heterocycles. The van der Waals surface area contributed by atoms with E-state index in [4.69, 9.17) is 28.9 Å². The Bertz CT molecular complexity index is 1050. The van der Waals surface area contributed by atoms with Crippen LogP contribution in [0.15, 0.2) is 59.0 Å². The Morgan fingerprint density at radius 1 is 1.07 bits per heavy atom. The third-order valence-electron chi connectivity index (χ3n) is 3.90. The molecule has 27 heavy (non-hydrogen) atoms. The van der Waals surface area contributed by atoms with E-state index >= 15 is 0 Å². The van der Waals surface area contributed by atoms with E-state index in [-0.39, 0.29) is 0 Å². The van der Waals surface area contributed by atoms with E-state index in [0.29, 0.717) is 39.1 Å². The number of nitrogens with two attached hydrogens (primary N) is 1. The molecular formula is C18H14Cl2N6S. The molecule has 0 atom stereocenters. The highest BCUT2D eigenvalue weighted by Gasteiger charge is 2.20. The summed E-state index contributed by atoms with van der Waals surface area (Å²) in [5, 5.41) is 1.69. The van der Waals surface area contributed by atoms with Gasteiger partial charge in [-0.2, -0.15) is 0 Å². The Balaban J connectivity index is 1.62. The highest BCUT2D eigenvalue weighted by atomic mass is 35.5. The quantitative estimate of drug-likeness (QED) is 0.517. The number of benzene rings is 1. The van der Waals surface area contributed by atoms with Crippen molar-refractivity contribution in [3.63, 3.8) is 0 Å². The molecular weight excluding hydrogens is 403 g/mol. The maximum absolute atomic E-state index is 6.25. The maximum atomic E-state index is 6.25. The second-order valence-corrected chi connectivity index (χ2v) is 7.60. The van der Waals surface area contributed by atoms with Crippen LogP contribution in [0.2, 0.25) is 10.0 Å². The number of anilines is 1. The monoisotopic (exact) mass is 416 g/mol. The van der Waals surface area contributed by atoms with Gasteiger partial charge in [0.2, 0.25) is 0 Å². The van der Waals surface area contributed by atoms with Crippen LogP contribution in [-0.2, 0) is 13.0 Å². The molecule has 0 saturated carbocycles. The van der Waals surface area contributed by atoms with Crippen LogP contribution in [0.1, 0.15) is 5.69 Å². The first-order valence-corrected chi connectivity index (χ1v) is 9.68. The number of rotatable bonds is 5. The molecule has 2 aliphatic rings. The first-order valence-electron chi connectivity index (χ1n) is 8.11. The van der Waals surface area contributed by atoms with Crippen molar-refractivity contribution in [3.05, 3.63) is 64.7 Å². The van der Waals surface area contributed by atoms with Gasteiger partial charge in [0.1, 0.15) is 0 Å². The van der Waals surface area contributed by atoms with Crippen LogP contribution in [0.25, 0.3) is 11.5 Å². The number of hydrogen-bond acceptors (Lipinski definition) is 6. The lowest BCUT2D eigenvalue weighted by atomic mass is 10.2. The number of halogens is 2. The summed E-state index contributed by atoms with van der Waals surface area (Å²) in [6, 6.07) is 11.2. The van der Waals surface area contributed by atoms with E-state index in [0.717, 1.165) is 17.0 Å². The Morgan fingerprint density at radius 3 is 2.74 bits per heavy atom. The molecule has 136 valence electrons. The van der Waals surface area contributed by atoms with Gasteiger partial charge < -0.3 is 10.3 Å². The van der Waals surface area contributed by atoms with Crippen molar-refractivity contribution >= 4 is 40.8 Å². The molecule has 9 heteroatoms. The average Bonchev–Trinajstić information content (AvgIpc) is 3.09. The molecule has 0 amide bonds. The number of aromatic nitrogens is 5. The summed E-state index contributed by atoms with van der Waals surface area (Å²) in [7, 11) is 0. The summed E-state index contributed by atoms with van der Waals surface area (Å²) >= 11 is 13.6. The largest absolute Gasteiger partial charge is 0.382 e. The van der Waals surface area contributed by atoms with Gasteiger partial charge in [0.15, 0.2) is 22.5 Å². The molecule has 0 bridgehead atoms. The molecule has 0 radical (unpaired) electrons. The molecule has 1 aromatic carbocycles. The minimum atomic E-state index is 0.348. The molecule has 2 N–H and O–H groups in total. The summed E-state index contributed by atoms with van der Waals surface area (Å²) in [6.45, 7) is 0.672. The minimum Gasteiger partial charge on any atom is -0.382 e. The molecule has 4 rings (SSSR count). The Hall–Kier alpha value is -2.35. The molecule has 0 spiro atoms. The van der Waals surface area contributed by atoms with Crippen molar-refractivity contribution in [2.45, 2.75) is 23.0 Å². The first-order chi connectivity index (χ1) is 13.1. The molecule has 0 aliphatic carbocycles. The smallest absolute Gasteiger partial charge is 0.195 e. The summed E-state index contributed by atoms with van der Waals surface area (Å²) in [5.41, 5.74) is 7.57. The molecule has 1 aromatic heterocycles. The maximum Gasteiger partial charge on any atom is 0.195 e. The van der Waals surface area contributed by atoms with Gasteiger partial charge in [-0.1, -0.05) is 29.3 Å². The molecule has 6 nitrogen and oxygen atoms in total. The van der Waals surface area contributed by atoms with E-state index in [1.807, 2.05) is 28.8 Å². The van der Waals surface area contributed by atoms with Gasteiger partial charge >= 0.3 is 0 Å². The van der Waals surface area contributed by atoms with Crippen molar-refractivity contribution in [2.75, 3.05) is 5.73 Å². The summed E-state index contributed by atoms with van der Waals surface area (Å²) in [5.74, 6) is 1.03. The molecule has 3 heterocycles. The van der Waals surface area contributed by atoms with Crippen LogP contribution in [0, 0.1) is 0 Å². The lowest BCUT2D eigenvalue weighted by Crippen LogP contribution is -2.10. The number of aryl methyl sites for hydroxylation is 2. The van der Waals surface area contributed by atoms with Gasteiger partial charge in [-0.15, -0.1) is 0 Å². The van der Waals surface area contributed by atoms with Crippen LogP contribution in [-0.4, -0.2) is 24.5 Å². The number of nitrogen functional groups attached to an aromatic ring is 1. The fraction of sp³-hybridized carbons (Fsp3) is 0.111. The standard InChI is InChI=1S/C18H14Cl2N6S/c19-11-4-5-14(13(20)9-11)27-18-24-15-16(21)23-10-26(17(15)25-18)8-6-12-3-1-2-7-22-12/h1-5,7,9-10H,6,8,21H2. The van der Waals surface area contributed by atoms with Crippen LogP contribution in [0.3, 0.4) is 0 Å². The SMILES string of the molecule is Nc1ncn(CCc2ccccn2)c2nc(Sc3ccc(Cl)cc3Cl)nc1-2. The first kappa shape index (κ1) is 18.0. The van der Waals surface area contributed by atoms with Crippen molar-refractivity contribution in [2.24, 2.45) is 0 Å². The van der Waals surface area contributed by atoms with Gasteiger partial charge in [-0.25, -0.2) is 15.0 Å². The number of fused-ring (bicyclic) bond motifs is 1. The number of pyridine rings is 1. The summed E-state index contributed by atoms with van der Waals surface area (Å²) in [4.78, 5) is 18.6. The van der Waals surface area contributed by atoms with Crippen molar-refractivity contribution in [1.82, 2.24) is 24.5 Å². The van der Waals surface area contributed by atoms with Crippen molar-refractivity contribution in [1.29, 1.82) is 0 Å². The molecule has 0 fully saturated rings. The average molecular weight is 417 g/mol. The second kappa shape index (κ2) is 7.72. The number of hydrogen-bond donors (Lipinski definition) is 1. The zero-order valence-electron chi connectivity index (χ0n) is 14.0. The van der Waals surface area contributed by atoms with E-state index in [1.165, 1.54) is 11.8 Å². The fourth-order valence-corrected chi connectivity index (χ4v) is 3.86. The van der Waals surface area contributed by atoms with E-state index in [1.54, 1.807) is 24.7 Å². The van der Waals surface area contributed by atoms with Gasteiger partial charge in [-0.05, 0) is 42.1 Å². The molecule has 0 saturated heterocycles. The van der Waals surface area contributed by atoms with Gasteiger partial charge in [0.05, 0.1) is 11.3 Å². The van der Waals surface area contributed by atoms with E-state index in [9.17, 15) is 0 Å². The second-order valence-electron chi connectivity index (χ2n) is 5.75. The zero-order chi connectivity index (χ0) is 18.8. The minimum absolute atomic E-state index is 0.348. The topological polar surface area (TPSA) is 82.5 Å². The Labute approximate surface area is 170 Å². The Morgan fingerprint density at radius 2 is 1.96 bits per heavy atom. The summed E-state index contributed by atoms with van der Waals surface area (Å²) in [6.07, 6.45) is 4.22. The zero-order valence-corrected chi connectivity index (χ0v) is 16.3. The van der Waals surface area contributed by atoms with Crippen LogP contribution >= 0.6 is 35.0 Å². The highest BCUT2D eigenvalue weighted by molar-refractivity contribution is 7.99. The Kier molecular flexibility index (Phi) is 5.15. The predicted molar refractivity (Wildman–Crippen MR) is 107 cm³/mol. The van der Waals surface area contributed by atoms with Crippen molar-refractivity contribution < 1.29 is 0 Å². The summed E-state index contributed by atoms with van der Waals surface area (Å²) < 4.78 is 1.93. The number of imidazole rings is 1. The lowest BCUT2D eigenvalue weighted by Gasteiger charge is -2.10. The van der Waals surface area contributed by atoms with Crippen molar-refractivity contribution in [3.8, 4) is 11.5 Å². The lowest BCUT2D eigenvalue weighted by molar-refractivity contribution is 0.665. The molecule has 0 unspecified atom stereocenters. The van der Waals surface area contributed by atoms with E-state index < -0.39 is 0 Å². The third-order valence-corrected chi connectivity index (χ3v) is 5.50.